The molecule has 5 nitrogen and oxygen atoms in total. The average molecular weight is 373 g/mol. The minimum Gasteiger partial charge on any atom is -0.494 e. The van der Waals surface area contributed by atoms with Crippen molar-refractivity contribution in [1.29, 1.82) is 0 Å². The summed E-state index contributed by atoms with van der Waals surface area (Å²) in [5.41, 5.74) is 0.158. The third-order valence-corrected chi connectivity index (χ3v) is 6.00. The maximum Gasteiger partial charge on any atom is 0.245 e. The molecule has 2 fully saturated rings. The van der Waals surface area contributed by atoms with Gasteiger partial charge >= 0.3 is 0 Å². The Morgan fingerprint density at radius 2 is 1.93 bits per heavy atom. The van der Waals surface area contributed by atoms with Gasteiger partial charge in [0.15, 0.2) is 0 Å². The van der Waals surface area contributed by atoms with Gasteiger partial charge in [0.2, 0.25) is 11.8 Å². The van der Waals surface area contributed by atoms with Gasteiger partial charge < -0.3 is 15.0 Å². The first-order valence-electron chi connectivity index (χ1n) is 10.4. The van der Waals surface area contributed by atoms with E-state index in [-0.39, 0.29) is 17.9 Å². The molecule has 3 rings (SSSR count). The molecule has 2 aliphatic rings. The van der Waals surface area contributed by atoms with Crippen molar-refractivity contribution in [2.24, 2.45) is 0 Å². The van der Waals surface area contributed by atoms with Crippen LogP contribution in [0.2, 0.25) is 0 Å². The first-order chi connectivity index (χ1) is 13.0. The van der Waals surface area contributed by atoms with Crippen molar-refractivity contribution < 1.29 is 14.3 Å². The van der Waals surface area contributed by atoms with E-state index in [2.05, 4.69) is 5.32 Å². The zero-order valence-corrected chi connectivity index (χ0v) is 16.6. The van der Waals surface area contributed by atoms with Crippen molar-refractivity contribution in [3.8, 4) is 5.75 Å². The zero-order valence-electron chi connectivity index (χ0n) is 16.6. The summed E-state index contributed by atoms with van der Waals surface area (Å²) < 4.78 is 5.71. The van der Waals surface area contributed by atoms with Gasteiger partial charge in [-0.25, -0.2) is 0 Å². The van der Waals surface area contributed by atoms with Crippen molar-refractivity contribution in [1.82, 2.24) is 10.2 Å². The van der Waals surface area contributed by atoms with Crippen LogP contribution in [0.5, 0.6) is 5.75 Å². The van der Waals surface area contributed by atoms with E-state index in [0.717, 1.165) is 24.2 Å². The van der Waals surface area contributed by atoms with E-state index in [9.17, 15) is 9.59 Å². The standard InChI is InChI=1S/C22H32N2O3/c1-3-27-19-13-9-8-10-17(19)16-24-20(25)14-15-22(24,2)21(26)23-18-11-6-4-5-7-12-18/h8-10,13,18H,3-7,11-12,14-16H2,1-2H3,(H,23,26). The molecule has 1 aromatic carbocycles. The van der Waals surface area contributed by atoms with Crippen LogP contribution < -0.4 is 10.1 Å². The summed E-state index contributed by atoms with van der Waals surface area (Å²) in [6.07, 6.45) is 7.93. The fraction of sp³-hybridized carbons (Fsp3) is 0.636. The Morgan fingerprint density at radius 1 is 1.22 bits per heavy atom. The van der Waals surface area contributed by atoms with Crippen LogP contribution >= 0.6 is 0 Å². The Labute approximate surface area is 162 Å². The maximum absolute atomic E-state index is 13.2. The highest BCUT2D eigenvalue weighted by atomic mass is 16.5. The molecule has 1 heterocycles. The highest BCUT2D eigenvalue weighted by Gasteiger charge is 2.47. The molecule has 1 saturated carbocycles. The van der Waals surface area contributed by atoms with Crippen molar-refractivity contribution in [2.45, 2.75) is 83.3 Å². The molecule has 1 saturated heterocycles. The topological polar surface area (TPSA) is 58.6 Å². The van der Waals surface area contributed by atoms with Crippen molar-refractivity contribution in [2.75, 3.05) is 6.61 Å². The van der Waals surface area contributed by atoms with Gasteiger partial charge in [0.25, 0.3) is 0 Å². The molecule has 148 valence electrons. The number of amides is 2. The lowest BCUT2D eigenvalue weighted by Crippen LogP contribution is -2.56. The molecule has 1 aliphatic carbocycles. The number of para-hydroxylation sites is 1. The third-order valence-electron chi connectivity index (χ3n) is 6.00. The molecule has 0 bridgehead atoms. The van der Waals surface area contributed by atoms with Crippen LogP contribution in [0, 0.1) is 0 Å². The molecule has 1 unspecified atom stereocenters. The molecule has 27 heavy (non-hydrogen) atoms. The fourth-order valence-corrected chi connectivity index (χ4v) is 4.26. The first-order valence-corrected chi connectivity index (χ1v) is 10.4. The van der Waals surface area contributed by atoms with Gasteiger partial charge in [-0.15, -0.1) is 0 Å². The van der Waals surface area contributed by atoms with Crippen LogP contribution in [0.1, 0.15) is 70.8 Å². The number of carbonyl (C=O) groups is 2. The van der Waals surface area contributed by atoms with Crippen LogP contribution in [0.15, 0.2) is 24.3 Å². The Kier molecular flexibility index (Phi) is 6.40. The summed E-state index contributed by atoms with van der Waals surface area (Å²) in [5.74, 6) is 0.820. The van der Waals surface area contributed by atoms with Gasteiger partial charge in [0.1, 0.15) is 11.3 Å². The van der Waals surface area contributed by atoms with E-state index in [0.29, 0.717) is 26.0 Å². The summed E-state index contributed by atoms with van der Waals surface area (Å²) >= 11 is 0. The summed E-state index contributed by atoms with van der Waals surface area (Å²) in [6, 6.07) is 8.01. The number of rotatable bonds is 6. The molecule has 1 aliphatic heterocycles. The van der Waals surface area contributed by atoms with Crippen LogP contribution in [-0.4, -0.2) is 34.9 Å². The quantitative estimate of drug-likeness (QED) is 0.773. The average Bonchev–Trinajstić information content (AvgIpc) is 2.83. The smallest absolute Gasteiger partial charge is 0.245 e. The number of nitrogens with zero attached hydrogens (tertiary/aromatic N) is 1. The normalized spacial score (nSPS) is 23.9. The van der Waals surface area contributed by atoms with Crippen molar-refractivity contribution in [3.05, 3.63) is 29.8 Å². The predicted octanol–water partition coefficient (Wildman–Crippen LogP) is 3.81. The lowest BCUT2D eigenvalue weighted by atomic mass is 9.95. The Morgan fingerprint density at radius 3 is 2.63 bits per heavy atom. The first kappa shape index (κ1) is 19.7. The third kappa shape index (κ3) is 4.45. The molecule has 2 amide bonds. The van der Waals surface area contributed by atoms with E-state index >= 15 is 0 Å². The van der Waals surface area contributed by atoms with E-state index in [1.165, 1.54) is 25.7 Å². The number of hydrogen-bond acceptors (Lipinski definition) is 3. The van der Waals surface area contributed by atoms with E-state index in [1.807, 2.05) is 38.1 Å². The number of nitrogens with one attached hydrogen (secondary N) is 1. The Hall–Kier alpha value is -2.04. The van der Waals surface area contributed by atoms with Gasteiger partial charge in [-0.2, -0.15) is 0 Å². The van der Waals surface area contributed by atoms with E-state index in [1.54, 1.807) is 4.90 Å². The van der Waals surface area contributed by atoms with Gasteiger partial charge in [-0.05, 0) is 39.2 Å². The number of ether oxygens (including phenoxy) is 1. The number of carbonyl (C=O) groups excluding carboxylic acids is 2. The molecule has 0 spiro atoms. The summed E-state index contributed by atoms with van der Waals surface area (Å²) in [6.45, 7) is 4.84. The molecule has 1 atom stereocenters. The monoisotopic (exact) mass is 372 g/mol. The lowest BCUT2D eigenvalue weighted by Gasteiger charge is -2.35. The summed E-state index contributed by atoms with van der Waals surface area (Å²) in [4.78, 5) is 27.5. The Bertz CT molecular complexity index is 667. The zero-order chi connectivity index (χ0) is 19.3. The highest BCUT2D eigenvalue weighted by molar-refractivity contribution is 5.94. The highest BCUT2D eigenvalue weighted by Crippen LogP contribution is 2.34. The molecule has 0 aromatic heterocycles. The SMILES string of the molecule is CCOc1ccccc1CN1C(=O)CCC1(C)C(=O)NC1CCCCCC1. The second-order valence-corrected chi connectivity index (χ2v) is 7.96. The Balaban J connectivity index is 1.75. The van der Waals surface area contributed by atoms with Gasteiger partial charge in [0.05, 0.1) is 13.2 Å². The second-order valence-electron chi connectivity index (χ2n) is 7.96. The minimum absolute atomic E-state index is 0.00542. The summed E-state index contributed by atoms with van der Waals surface area (Å²) in [7, 11) is 0. The lowest BCUT2D eigenvalue weighted by molar-refractivity contribution is -0.141. The van der Waals surface area contributed by atoms with Gasteiger partial charge in [0, 0.05) is 18.0 Å². The van der Waals surface area contributed by atoms with Crippen LogP contribution in [-0.2, 0) is 16.1 Å². The molecule has 1 N–H and O–H groups in total. The minimum atomic E-state index is -0.789. The van der Waals surface area contributed by atoms with Crippen molar-refractivity contribution in [3.63, 3.8) is 0 Å². The molecule has 0 radical (unpaired) electrons. The molecular formula is C22H32N2O3. The number of benzene rings is 1. The van der Waals surface area contributed by atoms with Crippen LogP contribution in [0.25, 0.3) is 0 Å². The largest absolute Gasteiger partial charge is 0.494 e. The number of likely N-dealkylation sites (tertiary alicyclic amines) is 1. The van der Waals surface area contributed by atoms with Crippen molar-refractivity contribution >= 4 is 11.8 Å². The van der Waals surface area contributed by atoms with Crippen LogP contribution in [0.3, 0.4) is 0 Å². The second kappa shape index (κ2) is 8.77. The fourth-order valence-electron chi connectivity index (χ4n) is 4.26. The molecular weight excluding hydrogens is 340 g/mol. The molecule has 5 heteroatoms. The molecule has 1 aromatic rings. The summed E-state index contributed by atoms with van der Waals surface area (Å²) in [5, 5.41) is 3.25. The number of hydrogen-bond donors (Lipinski definition) is 1. The van der Waals surface area contributed by atoms with Crippen LogP contribution in [0.4, 0.5) is 0 Å². The van der Waals surface area contributed by atoms with Gasteiger partial charge in [-0.3, -0.25) is 9.59 Å². The predicted molar refractivity (Wildman–Crippen MR) is 105 cm³/mol. The van der Waals surface area contributed by atoms with Gasteiger partial charge in [-0.1, -0.05) is 43.9 Å². The maximum atomic E-state index is 13.2. The van der Waals surface area contributed by atoms with E-state index < -0.39 is 5.54 Å². The van der Waals surface area contributed by atoms with E-state index in [4.69, 9.17) is 4.74 Å².